The van der Waals surface area contributed by atoms with Crippen molar-refractivity contribution < 1.29 is 17.9 Å². The lowest BCUT2D eigenvalue weighted by atomic mass is 9.99. The van der Waals surface area contributed by atoms with Crippen LogP contribution in [-0.4, -0.2) is 53.2 Å². The van der Waals surface area contributed by atoms with E-state index in [9.17, 15) is 13.2 Å². The number of piperidine rings is 1. The van der Waals surface area contributed by atoms with E-state index >= 15 is 0 Å². The molecule has 2 aliphatic rings. The number of rotatable bonds is 4. The third kappa shape index (κ3) is 4.76. The van der Waals surface area contributed by atoms with Gasteiger partial charge in [-0.15, -0.1) is 11.3 Å². The Morgan fingerprint density at radius 2 is 1.60 bits per heavy atom. The maximum Gasteiger partial charge on any atom is 0.434 e. The highest BCUT2D eigenvalue weighted by Gasteiger charge is 2.35. The predicted octanol–water partition coefficient (Wildman–Crippen LogP) is 4.12. The number of aromatic nitrogens is 4. The van der Waals surface area contributed by atoms with Crippen molar-refractivity contribution in [2.75, 3.05) is 43.1 Å². The molecule has 30 heavy (non-hydrogen) atoms. The topological polar surface area (TPSA) is 67.3 Å². The first-order valence-electron chi connectivity index (χ1n) is 10.3. The minimum absolute atomic E-state index is 0.0794. The van der Waals surface area contributed by atoms with Crippen LogP contribution in [0.25, 0.3) is 0 Å². The molecule has 2 aliphatic heterocycles. The van der Waals surface area contributed by atoms with Gasteiger partial charge in [0.15, 0.2) is 5.69 Å². The zero-order valence-corrected chi connectivity index (χ0v) is 17.7. The maximum atomic E-state index is 12.9. The van der Waals surface area contributed by atoms with E-state index < -0.39 is 11.9 Å². The van der Waals surface area contributed by atoms with Crippen molar-refractivity contribution in [3.63, 3.8) is 0 Å². The lowest BCUT2D eigenvalue weighted by Crippen LogP contribution is -2.36. The quantitative estimate of drug-likeness (QED) is 0.706. The van der Waals surface area contributed by atoms with E-state index in [2.05, 4.69) is 19.9 Å². The van der Waals surface area contributed by atoms with Gasteiger partial charge in [-0.3, -0.25) is 0 Å². The second kappa shape index (κ2) is 8.91. The first-order chi connectivity index (χ1) is 14.4. The Morgan fingerprint density at radius 3 is 2.23 bits per heavy atom. The number of hydrogen-bond acceptors (Lipinski definition) is 8. The van der Waals surface area contributed by atoms with Crippen LogP contribution in [0, 0.1) is 0 Å². The number of anilines is 2. The minimum Gasteiger partial charge on any atom is -0.467 e. The van der Waals surface area contributed by atoms with Crippen LogP contribution in [0.5, 0.6) is 6.01 Å². The van der Waals surface area contributed by atoms with Gasteiger partial charge in [0, 0.05) is 37.5 Å². The molecule has 0 N–H and O–H groups in total. The fourth-order valence-corrected chi connectivity index (χ4v) is 4.90. The lowest BCUT2D eigenvalue weighted by molar-refractivity contribution is -0.140. The highest BCUT2D eigenvalue weighted by molar-refractivity contribution is 7.09. The van der Waals surface area contributed by atoms with Crippen LogP contribution in [0.15, 0.2) is 5.38 Å². The van der Waals surface area contributed by atoms with E-state index in [0.29, 0.717) is 23.4 Å². The zero-order chi connectivity index (χ0) is 21.1. The van der Waals surface area contributed by atoms with E-state index in [1.54, 1.807) is 0 Å². The molecular weight excluding hydrogens is 417 g/mol. The molecule has 0 radical (unpaired) electrons. The van der Waals surface area contributed by atoms with Crippen molar-refractivity contribution in [1.29, 1.82) is 0 Å². The minimum atomic E-state index is -4.41. The average Bonchev–Trinajstić information content (AvgIpc) is 3.10. The number of nitrogens with zero attached hydrogens (tertiary/aromatic N) is 6. The number of alkyl halides is 3. The Morgan fingerprint density at radius 1 is 0.933 bits per heavy atom. The second-order valence-electron chi connectivity index (χ2n) is 7.68. The van der Waals surface area contributed by atoms with Crippen LogP contribution in [0.1, 0.15) is 55.1 Å². The largest absolute Gasteiger partial charge is 0.467 e. The molecule has 0 spiro atoms. The molecule has 0 saturated carbocycles. The predicted molar refractivity (Wildman–Crippen MR) is 108 cm³/mol. The van der Waals surface area contributed by atoms with Crippen LogP contribution in [0.2, 0.25) is 0 Å². The summed E-state index contributed by atoms with van der Waals surface area (Å²) in [6, 6.07) is 0.259. The molecule has 11 heteroatoms. The Hall–Kier alpha value is -2.17. The van der Waals surface area contributed by atoms with Gasteiger partial charge < -0.3 is 14.5 Å². The Kier molecular flexibility index (Phi) is 6.26. The summed E-state index contributed by atoms with van der Waals surface area (Å²) >= 11 is 1.07. The number of hydrogen-bond donors (Lipinski definition) is 0. The molecule has 0 amide bonds. The Labute approximate surface area is 177 Å². The van der Waals surface area contributed by atoms with Crippen molar-refractivity contribution >= 4 is 23.2 Å². The summed E-state index contributed by atoms with van der Waals surface area (Å²) in [5, 5.41) is 1.61. The highest BCUT2D eigenvalue weighted by Crippen LogP contribution is 2.36. The molecule has 2 saturated heterocycles. The number of halogens is 3. The molecule has 7 nitrogen and oxygen atoms in total. The third-order valence-corrected chi connectivity index (χ3v) is 6.54. The summed E-state index contributed by atoms with van der Waals surface area (Å²) in [6.45, 7) is 3.06. The van der Waals surface area contributed by atoms with E-state index in [1.807, 2.05) is 4.90 Å². The van der Waals surface area contributed by atoms with Crippen molar-refractivity contribution in [3.8, 4) is 6.01 Å². The third-order valence-electron chi connectivity index (χ3n) is 5.53. The van der Waals surface area contributed by atoms with Crippen molar-refractivity contribution in [3.05, 3.63) is 16.1 Å². The van der Waals surface area contributed by atoms with Gasteiger partial charge >= 0.3 is 12.2 Å². The van der Waals surface area contributed by atoms with Gasteiger partial charge in [0.1, 0.15) is 0 Å². The lowest BCUT2D eigenvalue weighted by Gasteiger charge is -2.32. The molecule has 2 aromatic rings. The Bertz CT molecular complexity index is 853. The number of ether oxygens (including phenoxy) is 1. The molecule has 2 aromatic heterocycles. The van der Waals surface area contributed by atoms with Gasteiger partial charge in [-0.2, -0.15) is 28.1 Å². The Balaban J connectivity index is 1.55. The standard InChI is InChI=1S/C19H25F3N6OS/c1-29-18-25-16(27-8-4-2-3-5-9-27)24-17(26-18)28-10-6-7-13(11-28)15-23-14(12-30-15)19(20,21)22/h12-13H,2-11H2,1H3. The number of methoxy groups -OCH3 is 1. The maximum absolute atomic E-state index is 12.9. The molecule has 4 rings (SSSR count). The van der Waals surface area contributed by atoms with Crippen molar-refractivity contribution in [1.82, 2.24) is 19.9 Å². The molecule has 0 aromatic carbocycles. The molecule has 164 valence electrons. The normalized spacial score (nSPS) is 20.9. The van der Waals surface area contributed by atoms with Crippen LogP contribution in [0.4, 0.5) is 25.1 Å². The summed E-state index contributed by atoms with van der Waals surface area (Å²) in [5.41, 5.74) is -0.815. The van der Waals surface area contributed by atoms with Crippen molar-refractivity contribution in [2.24, 2.45) is 0 Å². The van der Waals surface area contributed by atoms with Crippen LogP contribution >= 0.6 is 11.3 Å². The van der Waals surface area contributed by atoms with Crippen LogP contribution < -0.4 is 14.5 Å². The summed E-state index contributed by atoms with van der Waals surface area (Å²) in [6.07, 6.45) is 1.82. The molecular formula is C19H25F3N6OS. The first kappa shape index (κ1) is 21.1. The fraction of sp³-hybridized carbons (Fsp3) is 0.684. The molecule has 4 heterocycles. The van der Waals surface area contributed by atoms with Gasteiger partial charge in [0.2, 0.25) is 11.9 Å². The molecule has 1 unspecified atom stereocenters. The van der Waals surface area contributed by atoms with Crippen LogP contribution in [0.3, 0.4) is 0 Å². The monoisotopic (exact) mass is 442 g/mol. The highest BCUT2D eigenvalue weighted by atomic mass is 32.1. The number of thiazole rings is 1. The van der Waals surface area contributed by atoms with E-state index in [4.69, 9.17) is 9.72 Å². The molecule has 0 bridgehead atoms. The first-order valence-corrected chi connectivity index (χ1v) is 11.1. The second-order valence-corrected chi connectivity index (χ2v) is 8.57. The summed E-state index contributed by atoms with van der Waals surface area (Å²) < 4.78 is 44.1. The van der Waals surface area contributed by atoms with Gasteiger partial charge in [0.05, 0.1) is 12.1 Å². The SMILES string of the molecule is COc1nc(N2CCCCCC2)nc(N2CCCC(c3nc(C(F)(F)F)cs3)C2)n1. The van der Waals surface area contributed by atoms with Crippen molar-refractivity contribution in [2.45, 2.75) is 50.6 Å². The molecule has 1 atom stereocenters. The van der Waals surface area contributed by atoms with E-state index in [0.717, 1.165) is 62.0 Å². The van der Waals surface area contributed by atoms with Gasteiger partial charge in [-0.05, 0) is 25.7 Å². The van der Waals surface area contributed by atoms with E-state index in [-0.39, 0.29) is 11.9 Å². The zero-order valence-electron chi connectivity index (χ0n) is 16.9. The summed E-state index contributed by atoms with van der Waals surface area (Å²) in [7, 11) is 1.53. The van der Waals surface area contributed by atoms with Gasteiger partial charge in [-0.25, -0.2) is 4.98 Å². The van der Waals surface area contributed by atoms with Gasteiger partial charge in [-0.1, -0.05) is 12.8 Å². The van der Waals surface area contributed by atoms with Crippen LogP contribution in [-0.2, 0) is 6.18 Å². The average molecular weight is 443 g/mol. The summed E-state index contributed by atoms with van der Waals surface area (Å²) in [5.74, 6) is 1.04. The van der Waals surface area contributed by atoms with E-state index in [1.165, 1.54) is 20.0 Å². The van der Waals surface area contributed by atoms with Gasteiger partial charge in [0.25, 0.3) is 0 Å². The molecule has 2 fully saturated rings. The smallest absolute Gasteiger partial charge is 0.434 e. The fourth-order valence-electron chi connectivity index (χ4n) is 3.95. The summed E-state index contributed by atoms with van der Waals surface area (Å²) in [4.78, 5) is 21.6. The molecule has 0 aliphatic carbocycles.